The Labute approximate surface area is 128 Å². The summed E-state index contributed by atoms with van der Waals surface area (Å²) in [6.45, 7) is 1.19. The lowest BCUT2D eigenvalue weighted by Crippen LogP contribution is -2.40. The van der Waals surface area contributed by atoms with E-state index in [0.717, 1.165) is 23.7 Å². The van der Waals surface area contributed by atoms with E-state index in [-0.39, 0.29) is 0 Å². The zero-order valence-corrected chi connectivity index (χ0v) is 13.7. The van der Waals surface area contributed by atoms with Crippen LogP contribution in [-0.4, -0.2) is 31.7 Å². The fourth-order valence-corrected chi connectivity index (χ4v) is 4.87. The molecule has 0 aromatic heterocycles. The lowest BCUT2D eigenvalue weighted by Gasteiger charge is -2.31. The molecule has 1 aliphatic rings. The van der Waals surface area contributed by atoms with Gasteiger partial charge in [0.25, 0.3) is 0 Å². The highest BCUT2D eigenvalue weighted by atomic mass is 79.9. The van der Waals surface area contributed by atoms with Crippen LogP contribution < -0.4 is 0 Å². The second-order valence-electron chi connectivity index (χ2n) is 4.81. The normalized spacial score (nSPS) is 21.5. The van der Waals surface area contributed by atoms with Crippen LogP contribution in [0.2, 0.25) is 0 Å². The van der Waals surface area contributed by atoms with E-state index in [1.165, 1.54) is 0 Å². The van der Waals surface area contributed by atoms with Crippen molar-refractivity contribution in [2.75, 3.05) is 19.0 Å². The molecule has 0 radical (unpaired) electrons. The maximum absolute atomic E-state index is 12.6. The summed E-state index contributed by atoms with van der Waals surface area (Å²) in [5.41, 5.74) is 0. The van der Waals surface area contributed by atoms with Crippen LogP contribution in [0.4, 0.5) is 0 Å². The molecule has 1 atom stereocenters. The molecule has 1 saturated heterocycles. The SMILES string of the molecule is O=S(=O)(c1cccc(Br)c1)N1CCCC(CCCl)C1. The molecule has 0 amide bonds. The van der Waals surface area contributed by atoms with Gasteiger partial charge < -0.3 is 0 Å². The van der Waals surface area contributed by atoms with E-state index in [1.807, 2.05) is 6.07 Å². The third-order valence-electron chi connectivity index (χ3n) is 3.43. The predicted molar refractivity (Wildman–Crippen MR) is 81.0 cm³/mol. The van der Waals surface area contributed by atoms with E-state index >= 15 is 0 Å². The van der Waals surface area contributed by atoms with Gasteiger partial charge in [0.1, 0.15) is 0 Å². The van der Waals surface area contributed by atoms with Crippen LogP contribution in [0.15, 0.2) is 33.6 Å². The number of piperidine rings is 1. The summed E-state index contributed by atoms with van der Waals surface area (Å²) in [6.07, 6.45) is 2.86. The molecule has 0 saturated carbocycles. The van der Waals surface area contributed by atoms with Gasteiger partial charge in [-0.25, -0.2) is 8.42 Å². The van der Waals surface area contributed by atoms with Gasteiger partial charge in [0, 0.05) is 23.4 Å². The van der Waals surface area contributed by atoms with Gasteiger partial charge in [-0.15, -0.1) is 11.6 Å². The number of rotatable bonds is 4. The maximum atomic E-state index is 12.6. The van der Waals surface area contributed by atoms with Crippen LogP contribution in [0.5, 0.6) is 0 Å². The molecule has 19 heavy (non-hydrogen) atoms. The molecule has 1 unspecified atom stereocenters. The molecule has 1 aromatic rings. The summed E-state index contributed by atoms with van der Waals surface area (Å²) in [7, 11) is -3.38. The van der Waals surface area contributed by atoms with Gasteiger partial charge in [-0.3, -0.25) is 0 Å². The molecule has 3 nitrogen and oxygen atoms in total. The Hall–Kier alpha value is -0.100. The monoisotopic (exact) mass is 365 g/mol. The molecule has 0 N–H and O–H groups in total. The van der Waals surface area contributed by atoms with Gasteiger partial charge in [0.05, 0.1) is 4.90 Å². The summed E-state index contributed by atoms with van der Waals surface area (Å²) in [5.74, 6) is 0.975. The second kappa shape index (κ2) is 6.57. The Balaban J connectivity index is 2.19. The highest BCUT2D eigenvalue weighted by Crippen LogP contribution is 2.26. The third kappa shape index (κ3) is 3.72. The molecule has 1 aromatic carbocycles. The van der Waals surface area contributed by atoms with Crippen LogP contribution in [0.25, 0.3) is 0 Å². The topological polar surface area (TPSA) is 37.4 Å². The number of halogens is 2. The van der Waals surface area contributed by atoms with E-state index in [4.69, 9.17) is 11.6 Å². The Bertz CT molecular complexity index is 533. The lowest BCUT2D eigenvalue weighted by molar-refractivity contribution is 0.262. The van der Waals surface area contributed by atoms with Gasteiger partial charge >= 0.3 is 0 Å². The fourth-order valence-electron chi connectivity index (χ4n) is 2.41. The van der Waals surface area contributed by atoms with Crippen LogP contribution in [0.3, 0.4) is 0 Å². The number of benzene rings is 1. The van der Waals surface area contributed by atoms with Crippen molar-refractivity contribution in [3.05, 3.63) is 28.7 Å². The lowest BCUT2D eigenvalue weighted by atomic mass is 9.97. The van der Waals surface area contributed by atoms with Crippen molar-refractivity contribution in [3.8, 4) is 0 Å². The molecule has 0 aliphatic carbocycles. The Morgan fingerprint density at radius 1 is 1.42 bits per heavy atom. The van der Waals surface area contributed by atoms with Crippen LogP contribution in [0, 0.1) is 5.92 Å². The molecule has 0 bridgehead atoms. The van der Waals surface area contributed by atoms with E-state index in [1.54, 1.807) is 22.5 Å². The molecular weight excluding hydrogens is 350 g/mol. The zero-order chi connectivity index (χ0) is 13.9. The smallest absolute Gasteiger partial charge is 0.207 e. The van der Waals surface area contributed by atoms with Crippen molar-refractivity contribution in [2.24, 2.45) is 5.92 Å². The van der Waals surface area contributed by atoms with E-state index < -0.39 is 10.0 Å². The first-order chi connectivity index (χ1) is 9.04. The first kappa shape index (κ1) is 15.3. The summed E-state index contributed by atoms with van der Waals surface area (Å²) in [5, 5.41) is 0. The van der Waals surface area contributed by atoms with E-state index in [2.05, 4.69) is 15.9 Å². The van der Waals surface area contributed by atoms with Gasteiger partial charge in [0.2, 0.25) is 10.0 Å². The van der Waals surface area contributed by atoms with E-state index in [0.29, 0.717) is 29.8 Å². The zero-order valence-electron chi connectivity index (χ0n) is 10.6. The highest BCUT2D eigenvalue weighted by molar-refractivity contribution is 9.10. The largest absolute Gasteiger partial charge is 0.243 e. The molecule has 0 spiro atoms. The number of nitrogens with zero attached hydrogens (tertiary/aromatic N) is 1. The van der Waals surface area contributed by atoms with Crippen molar-refractivity contribution in [3.63, 3.8) is 0 Å². The van der Waals surface area contributed by atoms with Gasteiger partial charge in [0.15, 0.2) is 0 Å². The molecule has 106 valence electrons. The average Bonchev–Trinajstić information content (AvgIpc) is 2.39. The second-order valence-corrected chi connectivity index (χ2v) is 8.04. The number of sulfonamides is 1. The van der Waals surface area contributed by atoms with Gasteiger partial charge in [-0.1, -0.05) is 22.0 Å². The standard InChI is InChI=1S/C13H17BrClNO2S/c14-12-4-1-5-13(9-12)19(17,18)16-8-2-3-11(10-16)6-7-15/h1,4-5,9,11H,2-3,6-8,10H2. The Morgan fingerprint density at radius 3 is 2.89 bits per heavy atom. The highest BCUT2D eigenvalue weighted by Gasteiger charge is 2.29. The first-order valence-electron chi connectivity index (χ1n) is 6.35. The minimum atomic E-state index is -3.38. The van der Waals surface area contributed by atoms with Crippen LogP contribution in [-0.2, 0) is 10.0 Å². The molecule has 1 heterocycles. The van der Waals surface area contributed by atoms with Crippen molar-refractivity contribution >= 4 is 37.6 Å². The summed E-state index contributed by atoms with van der Waals surface area (Å²) in [4.78, 5) is 0.355. The predicted octanol–water partition coefficient (Wildman–Crippen LogP) is 3.48. The third-order valence-corrected chi connectivity index (χ3v) is 6.01. The van der Waals surface area contributed by atoms with E-state index in [9.17, 15) is 8.42 Å². The summed E-state index contributed by atoms with van der Waals surface area (Å²) >= 11 is 9.08. The number of hydrogen-bond donors (Lipinski definition) is 0. The minimum Gasteiger partial charge on any atom is -0.207 e. The maximum Gasteiger partial charge on any atom is 0.243 e. The van der Waals surface area contributed by atoms with Crippen molar-refractivity contribution in [1.29, 1.82) is 0 Å². The Morgan fingerprint density at radius 2 is 2.21 bits per heavy atom. The molecule has 1 aliphatic heterocycles. The van der Waals surface area contributed by atoms with Crippen molar-refractivity contribution in [1.82, 2.24) is 4.31 Å². The number of alkyl halides is 1. The fraction of sp³-hybridized carbons (Fsp3) is 0.538. The van der Waals surface area contributed by atoms with Crippen LogP contribution >= 0.6 is 27.5 Å². The molecular formula is C13H17BrClNO2S. The summed E-state index contributed by atoms with van der Waals surface area (Å²) in [6, 6.07) is 6.87. The van der Waals surface area contributed by atoms with Crippen molar-refractivity contribution in [2.45, 2.75) is 24.2 Å². The quantitative estimate of drug-likeness (QED) is 0.765. The first-order valence-corrected chi connectivity index (χ1v) is 9.12. The van der Waals surface area contributed by atoms with Gasteiger partial charge in [-0.05, 0) is 43.4 Å². The number of hydrogen-bond acceptors (Lipinski definition) is 2. The molecule has 6 heteroatoms. The molecule has 1 fully saturated rings. The minimum absolute atomic E-state index is 0.355. The summed E-state index contributed by atoms with van der Waals surface area (Å²) < 4.78 is 27.5. The Kier molecular flexibility index (Phi) is 5.29. The van der Waals surface area contributed by atoms with Crippen LogP contribution in [0.1, 0.15) is 19.3 Å². The van der Waals surface area contributed by atoms with Crippen molar-refractivity contribution < 1.29 is 8.42 Å². The molecule has 2 rings (SSSR count). The van der Waals surface area contributed by atoms with Gasteiger partial charge in [-0.2, -0.15) is 4.31 Å². The average molecular weight is 367 g/mol.